The molecule has 1 fully saturated rings. The number of hydrogen-bond donors (Lipinski definition) is 0. The Bertz CT molecular complexity index is 1280. The average molecular weight is 499 g/mol. The number of carbonyl (C=O) groups excluding carboxylic acids is 3. The molecule has 0 spiro atoms. The molecule has 10 nitrogen and oxygen atoms in total. The molecule has 1 amide bonds. The predicted octanol–water partition coefficient (Wildman–Crippen LogP) is 1.74. The van der Waals surface area contributed by atoms with E-state index in [1.54, 1.807) is 48.5 Å². The standard InChI is InChI=1S/C24H22N2O8S/c1-15(27)33-13-18-14-35(30,31)23-19(25-32-2)22(28)26(23)20(18)24(29)34-21(16-9-5-3-6-10-16)17-11-7-4-8-12-17/h3-12,21,23H,13-14H2,1-2H3/t23-/m0/s1. The van der Waals surface area contributed by atoms with E-state index in [0.717, 1.165) is 11.8 Å². The number of benzene rings is 2. The fourth-order valence-electron chi connectivity index (χ4n) is 3.97. The summed E-state index contributed by atoms with van der Waals surface area (Å²) in [4.78, 5) is 43.2. The van der Waals surface area contributed by atoms with Crippen LogP contribution in [0.25, 0.3) is 0 Å². The van der Waals surface area contributed by atoms with E-state index in [2.05, 4.69) is 9.99 Å². The van der Waals surface area contributed by atoms with Crippen molar-refractivity contribution in [2.75, 3.05) is 19.5 Å². The van der Waals surface area contributed by atoms with Crippen LogP contribution >= 0.6 is 0 Å². The maximum Gasteiger partial charge on any atom is 0.356 e. The van der Waals surface area contributed by atoms with Crippen molar-refractivity contribution in [1.29, 1.82) is 0 Å². The van der Waals surface area contributed by atoms with Crippen LogP contribution in [0.2, 0.25) is 0 Å². The Morgan fingerprint density at radius 2 is 1.63 bits per heavy atom. The van der Waals surface area contributed by atoms with Gasteiger partial charge in [0.1, 0.15) is 19.4 Å². The van der Waals surface area contributed by atoms with Crippen molar-refractivity contribution in [3.05, 3.63) is 83.1 Å². The van der Waals surface area contributed by atoms with Crippen LogP contribution < -0.4 is 0 Å². The second-order valence-corrected chi connectivity index (χ2v) is 9.89. The third kappa shape index (κ3) is 4.67. The normalized spacial score (nSPS) is 19.7. The zero-order chi connectivity index (χ0) is 25.2. The third-order valence-corrected chi connectivity index (χ3v) is 7.33. The Kier molecular flexibility index (Phi) is 6.70. The van der Waals surface area contributed by atoms with Crippen LogP contribution in [-0.4, -0.2) is 61.7 Å². The summed E-state index contributed by atoms with van der Waals surface area (Å²) in [6.45, 7) is 0.658. The minimum atomic E-state index is -3.99. The lowest BCUT2D eigenvalue weighted by Crippen LogP contribution is -2.68. The van der Waals surface area contributed by atoms with Gasteiger partial charge in [-0.05, 0) is 11.1 Å². The van der Waals surface area contributed by atoms with E-state index >= 15 is 0 Å². The van der Waals surface area contributed by atoms with E-state index in [0.29, 0.717) is 11.1 Å². The SMILES string of the molecule is CON=C1C(=O)N2C(C(=O)OC(c3ccccc3)c3ccccc3)=C(COC(C)=O)CS(=O)(=O)[C@@H]12. The molecule has 1 saturated heterocycles. The molecule has 35 heavy (non-hydrogen) atoms. The summed E-state index contributed by atoms with van der Waals surface area (Å²) >= 11 is 0. The van der Waals surface area contributed by atoms with E-state index in [4.69, 9.17) is 9.47 Å². The largest absolute Gasteiger partial charge is 0.461 e. The zero-order valence-electron chi connectivity index (χ0n) is 18.9. The summed E-state index contributed by atoms with van der Waals surface area (Å²) in [5, 5.41) is 2.03. The van der Waals surface area contributed by atoms with Crippen LogP contribution in [0, 0.1) is 0 Å². The number of carbonyl (C=O) groups is 3. The Labute approximate surface area is 201 Å². The minimum absolute atomic E-state index is 0.0638. The molecule has 2 aromatic rings. The molecule has 0 aliphatic carbocycles. The molecule has 2 aromatic carbocycles. The van der Waals surface area contributed by atoms with E-state index in [1.165, 1.54) is 7.11 Å². The molecule has 0 saturated carbocycles. The van der Waals surface area contributed by atoms with Gasteiger partial charge >= 0.3 is 11.9 Å². The van der Waals surface area contributed by atoms with Gasteiger partial charge in [0.2, 0.25) is 0 Å². The van der Waals surface area contributed by atoms with Crippen LogP contribution in [-0.2, 0) is 38.5 Å². The smallest absolute Gasteiger partial charge is 0.356 e. The van der Waals surface area contributed by atoms with Crippen molar-refractivity contribution in [3.8, 4) is 0 Å². The molecule has 0 aromatic heterocycles. The summed E-state index contributed by atoms with van der Waals surface area (Å²) < 4.78 is 36.7. The van der Waals surface area contributed by atoms with Crippen molar-refractivity contribution in [1.82, 2.24) is 4.90 Å². The van der Waals surface area contributed by atoms with Gasteiger partial charge in [-0.15, -0.1) is 0 Å². The molecule has 0 radical (unpaired) electrons. The first-order valence-electron chi connectivity index (χ1n) is 10.6. The number of hydrogen-bond acceptors (Lipinski definition) is 9. The van der Waals surface area contributed by atoms with Gasteiger partial charge in [-0.25, -0.2) is 13.2 Å². The summed E-state index contributed by atoms with van der Waals surface area (Å²) in [6, 6.07) is 17.9. The molecule has 1 atom stereocenters. The first-order chi connectivity index (χ1) is 16.7. The molecule has 11 heteroatoms. The molecule has 4 rings (SSSR count). The number of rotatable bonds is 7. The summed E-state index contributed by atoms with van der Waals surface area (Å²) in [6.07, 6.45) is -0.840. The minimum Gasteiger partial charge on any atom is -0.461 e. The van der Waals surface area contributed by atoms with Crippen molar-refractivity contribution < 1.29 is 37.1 Å². The molecule has 0 N–H and O–H groups in total. The van der Waals surface area contributed by atoms with Crippen molar-refractivity contribution in [2.45, 2.75) is 18.4 Å². The van der Waals surface area contributed by atoms with Crippen molar-refractivity contribution >= 4 is 33.4 Å². The van der Waals surface area contributed by atoms with Gasteiger partial charge in [-0.3, -0.25) is 14.5 Å². The number of fused-ring (bicyclic) bond motifs is 1. The lowest BCUT2D eigenvalue weighted by atomic mass is 10.0. The lowest BCUT2D eigenvalue weighted by molar-refractivity contribution is -0.148. The van der Waals surface area contributed by atoms with Gasteiger partial charge in [0.25, 0.3) is 5.91 Å². The van der Waals surface area contributed by atoms with Crippen molar-refractivity contribution in [2.24, 2.45) is 5.16 Å². The number of oxime groups is 1. The fourth-order valence-corrected chi connectivity index (χ4v) is 5.84. The lowest BCUT2D eigenvalue weighted by Gasteiger charge is -2.44. The van der Waals surface area contributed by atoms with E-state index in [1.807, 2.05) is 12.1 Å². The molecule has 2 aliphatic rings. The molecule has 2 heterocycles. The highest BCUT2D eigenvalue weighted by atomic mass is 32.2. The third-order valence-electron chi connectivity index (χ3n) is 5.46. The van der Waals surface area contributed by atoms with E-state index in [9.17, 15) is 22.8 Å². The number of nitrogens with zero attached hydrogens (tertiary/aromatic N) is 2. The molecular formula is C24H22N2O8S. The van der Waals surface area contributed by atoms with Crippen LogP contribution in [0.5, 0.6) is 0 Å². The maximum absolute atomic E-state index is 13.5. The number of sulfone groups is 1. The number of ether oxygens (including phenoxy) is 2. The number of amides is 1. The summed E-state index contributed by atoms with van der Waals surface area (Å²) in [5.74, 6) is -3.05. The Morgan fingerprint density at radius 1 is 1.06 bits per heavy atom. The van der Waals surface area contributed by atoms with Gasteiger partial charge in [-0.2, -0.15) is 0 Å². The van der Waals surface area contributed by atoms with Crippen LogP contribution in [0.4, 0.5) is 0 Å². The van der Waals surface area contributed by atoms with E-state index in [-0.39, 0.29) is 17.0 Å². The molecule has 0 unspecified atom stereocenters. The predicted molar refractivity (Wildman–Crippen MR) is 123 cm³/mol. The molecule has 182 valence electrons. The number of esters is 2. The second kappa shape index (κ2) is 9.71. The Morgan fingerprint density at radius 3 is 2.14 bits per heavy atom. The quantitative estimate of drug-likeness (QED) is 0.321. The van der Waals surface area contributed by atoms with Crippen LogP contribution in [0.3, 0.4) is 0 Å². The Hall–Kier alpha value is -3.99. The van der Waals surface area contributed by atoms with Crippen molar-refractivity contribution in [3.63, 3.8) is 0 Å². The first-order valence-corrected chi connectivity index (χ1v) is 12.3. The highest BCUT2D eigenvalue weighted by Crippen LogP contribution is 2.37. The highest BCUT2D eigenvalue weighted by molar-refractivity contribution is 7.93. The van der Waals surface area contributed by atoms with Gasteiger partial charge in [0, 0.05) is 12.5 Å². The van der Waals surface area contributed by atoms with Crippen LogP contribution in [0.15, 0.2) is 77.1 Å². The van der Waals surface area contributed by atoms with Crippen LogP contribution in [0.1, 0.15) is 24.2 Å². The fraction of sp³-hybridized carbons (Fsp3) is 0.250. The zero-order valence-corrected chi connectivity index (χ0v) is 19.7. The number of β-lactam (4-membered cyclic amide) rings is 1. The van der Waals surface area contributed by atoms with Gasteiger partial charge < -0.3 is 14.3 Å². The topological polar surface area (TPSA) is 129 Å². The highest BCUT2D eigenvalue weighted by Gasteiger charge is 2.59. The molecule has 0 bridgehead atoms. The monoisotopic (exact) mass is 498 g/mol. The summed E-state index contributed by atoms with van der Waals surface area (Å²) in [5.41, 5.74) is 0.651. The first kappa shape index (κ1) is 24.1. The van der Waals surface area contributed by atoms with Gasteiger partial charge in [0.05, 0.1) is 5.75 Å². The molecular weight excluding hydrogens is 476 g/mol. The van der Waals surface area contributed by atoms with Gasteiger partial charge in [0.15, 0.2) is 27.0 Å². The maximum atomic E-state index is 13.5. The van der Waals surface area contributed by atoms with E-state index < -0.39 is 51.5 Å². The summed E-state index contributed by atoms with van der Waals surface area (Å²) in [7, 11) is -2.81. The second-order valence-electron chi connectivity index (χ2n) is 7.83. The van der Waals surface area contributed by atoms with Gasteiger partial charge in [-0.1, -0.05) is 65.8 Å². The molecule has 2 aliphatic heterocycles. The average Bonchev–Trinajstić information content (AvgIpc) is 2.84. The Balaban J connectivity index is 1.77.